The maximum atomic E-state index is 14.1. The molecular formula is C29H39F3N8O3. The van der Waals surface area contributed by atoms with E-state index in [0.29, 0.717) is 37.4 Å². The highest BCUT2D eigenvalue weighted by Crippen LogP contribution is 2.51. The second-order valence-electron chi connectivity index (χ2n) is 12.5. The van der Waals surface area contributed by atoms with Crippen LogP contribution in [0.25, 0.3) is 5.69 Å². The van der Waals surface area contributed by atoms with E-state index in [9.17, 15) is 27.6 Å². The number of piperazine rings is 1. The first-order valence-electron chi connectivity index (χ1n) is 14.6. The fourth-order valence-electron chi connectivity index (χ4n) is 6.37. The monoisotopic (exact) mass is 604 g/mol. The number of hydrogen-bond donors (Lipinski definition) is 3. The molecule has 1 aromatic carbocycles. The Balaban J connectivity index is 1.24. The molecule has 43 heavy (non-hydrogen) atoms. The van der Waals surface area contributed by atoms with Gasteiger partial charge in [-0.05, 0) is 75.3 Å². The number of piperidine rings is 1. The molecule has 1 aromatic heterocycles. The Bertz CT molecular complexity index is 1420. The van der Waals surface area contributed by atoms with Gasteiger partial charge in [0.25, 0.3) is 0 Å². The predicted molar refractivity (Wildman–Crippen MR) is 155 cm³/mol. The zero-order valence-electron chi connectivity index (χ0n) is 24.6. The van der Waals surface area contributed by atoms with Crippen molar-refractivity contribution in [2.45, 2.75) is 44.9 Å². The van der Waals surface area contributed by atoms with E-state index in [4.69, 9.17) is 11.5 Å². The number of nitrogens with zero attached hydrogens (tertiary/aromatic N) is 5. The Kier molecular flexibility index (Phi) is 8.31. The summed E-state index contributed by atoms with van der Waals surface area (Å²) >= 11 is 0. The number of rotatable bonds is 7. The molecule has 0 radical (unpaired) electrons. The number of urea groups is 1. The molecule has 0 spiro atoms. The molecule has 234 valence electrons. The van der Waals surface area contributed by atoms with Crippen molar-refractivity contribution in [2.24, 2.45) is 29.2 Å². The van der Waals surface area contributed by atoms with Gasteiger partial charge < -0.3 is 21.3 Å². The number of nitrogens with one attached hydrogen (secondary N) is 1. The number of benzene rings is 1. The van der Waals surface area contributed by atoms with Crippen molar-refractivity contribution >= 4 is 17.8 Å². The van der Waals surface area contributed by atoms with E-state index in [1.54, 1.807) is 18.7 Å². The summed E-state index contributed by atoms with van der Waals surface area (Å²) in [5, 5.41) is 2.55. The highest BCUT2D eigenvalue weighted by Gasteiger charge is 2.55. The normalized spacial score (nSPS) is 23.2. The molecule has 1 unspecified atom stereocenters. The summed E-state index contributed by atoms with van der Waals surface area (Å²) in [7, 11) is 0. The number of anilines is 1. The van der Waals surface area contributed by atoms with Crippen LogP contribution in [0.1, 0.15) is 31.9 Å². The smallest absolute Gasteiger partial charge is 0.338 e. The highest BCUT2D eigenvalue weighted by molar-refractivity contribution is 5.89. The lowest BCUT2D eigenvalue weighted by Gasteiger charge is -2.37. The summed E-state index contributed by atoms with van der Waals surface area (Å²) in [5.74, 6) is 1.40. The molecule has 3 amide bonds. The number of amides is 3. The van der Waals surface area contributed by atoms with E-state index >= 15 is 0 Å². The topological polar surface area (TPSA) is 143 Å². The van der Waals surface area contributed by atoms with Crippen molar-refractivity contribution in [3.05, 3.63) is 52.1 Å². The Morgan fingerprint density at radius 3 is 2.26 bits per heavy atom. The first kappa shape index (κ1) is 31.0. The average Bonchev–Trinajstić information content (AvgIpc) is 3.41. The maximum Gasteiger partial charge on any atom is 0.416 e. The molecule has 1 aliphatic carbocycles. The second kappa shape index (κ2) is 11.5. The molecule has 3 aliphatic rings. The lowest BCUT2D eigenvalue weighted by atomic mass is 9.98. The van der Waals surface area contributed by atoms with Gasteiger partial charge >= 0.3 is 17.9 Å². The van der Waals surface area contributed by atoms with E-state index < -0.39 is 29.0 Å². The van der Waals surface area contributed by atoms with Crippen LogP contribution in [0.5, 0.6) is 0 Å². The molecule has 2 aliphatic heterocycles. The van der Waals surface area contributed by atoms with Gasteiger partial charge in [0.2, 0.25) is 5.91 Å². The van der Waals surface area contributed by atoms with E-state index in [-0.39, 0.29) is 48.5 Å². The zero-order valence-corrected chi connectivity index (χ0v) is 24.6. The van der Waals surface area contributed by atoms with Gasteiger partial charge in [0, 0.05) is 51.5 Å². The lowest BCUT2D eigenvalue weighted by molar-refractivity contribution is -0.138. The molecule has 3 heterocycles. The fourth-order valence-corrected chi connectivity index (χ4v) is 6.37. The van der Waals surface area contributed by atoms with E-state index in [2.05, 4.69) is 15.2 Å². The molecule has 11 nitrogen and oxygen atoms in total. The lowest BCUT2D eigenvalue weighted by Crippen LogP contribution is -2.58. The van der Waals surface area contributed by atoms with Gasteiger partial charge in [-0.1, -0.05) is 6.07 Å². The summed E-state index contributed by atoms with van der Waals surface area (Å²) in [6.07, 6.45) is -3.10. The van der Waals surface area contributed by atoms with Crippen LogP contribution in [0.2, 0.25) is 0 Å². The van der Waals surface area contributed by atoms with E-state index in [1.807, 2.05) is 6.92 Å². The van der Waals surface area contributed by atoms with E-state index in [1.165, 1.54) is 29.3 Å². The third-order valence-corrected chi connectivity index (χ3v) is 8.93. The second-order valence-corrected chi connectivity index (χ2v) is 12.5. The predicted octanol–water partition coefficient (Wildman–Crippen LogP) is 1.73. The molecule has 14 heteroatoms. The van der Waals surface area contributed by atoms with Gasteiger partial charge in [0.1, 0.15) is 5.82 Å². The largest absolute Gasteiger partial charge is 0.416 e. The summed E-state index contributed by atoms with van der Waals surface area (Å²) in [4.78, 5) is 47.1. The first-order valence-corrected chi connectivity index (χ1v) is 14.6. The van der Waals surface area contributed by atoms with Crippen LogP contribution < -0.4 is 22.5 Å². The Morgan fingerprint density at radius 2 is 1.70 bits per heavy atom. The fraction of sp³-hybridized carbons (Fsp3) is 0.586. The maximum absolute atomic E-state index is 14.1. The van der Waals surface area contributed by atoms with Gasteiger partial charge in [-0.3, -0.25) is 19.6 Å². The number of carbonyl (C=O) groups excluding carboxylic acids is 2. The van der Waals surface area contributed by atoms with Crippen molar-refractivity contribution in [3.8, 4) is 5.69 Å². The average molecular weight is 605 g/mol. The zero-order chi connectivity index (χ0) is 31.3. The number of alkyl halides is 3. The Hall–Kier alpha value is -3.49. The van der Waals surface area contributed by atoms with Crippen molar-refractivity contribution in [1.29, 1.82) is 0 Å². The molecule has 5 rings (SSSR count). The van der Waals surface area contributed by atoms with Crippen molar-refractivity contribution in [3.63, 3.8) is 0 Å². The molecule has 1 saturated carbocycles. The molecule has 2 saturated heterocycles. The number of nitrogens with two attached hydrogens (primary N) is 2. The summed E-state index contributed by atoms with van der Waals surface area (Å²) in [6, 6.07) is 4.66. The van der Waals surface area contributed by atoms with Gasteiger partial charge in [0.15, 0.2) is 0 Å². The molecule has 5 N–H and O–H groups in total. The highest BCUT2D eigenvalue weighted by atomic mass is 19.4. The molecule has 2 aromatic rings. The number of fused-ring (bicyclic) bond motifs is 1. The number of halogens is 3. The van der Waals surface area contributed by atoms with E-state index in [0.717, 1.165) is 23.7 Å². The summed E-state index contributed by atoms with van der Waals surface area (Å²) < 4.78 is 43.4. The van der Waals surface area contributed by atoms with Gasteiger partial charge in [-0.15, -0.1) is 0 Å². The quantitative estimate of drug-likeness (QED) is 0.437. The summed E-state index contributed by atoms with van der Waals surface area (Å²) in [5.41, 5.74) is 9.22. The molecule has 4 atom stereocenters. The van der Waals surface area contributed by atoms with Crippen molar-refractivity contribution in [1.82, 2.24) is 24.3 Å². The summed E-state index contributed by atoms with van der Waals surface area (Å²) in [6.45, 7) is 8.72. The third kappa shape index (κ3) is 6.55. The Morgan fingerprint density at radius 1 is 1.07 bits per heavy atom. The molecular weight excluding hydrogens is 565 g/mol. The molecule has 0 bridgehead atoms. The SMILES string of the molecule is CC(Cc1ccc(-n2ccc(NC(=O)N3CCN(C(=O)C(C)(C)N)CC3)nc2=O)cc1C(F)(F)F)N1C[C@@H]2[C@@H](CN)[C@@H]2C1. The van der Waals surface area contributed by atoms with Crippen LogP contribution >= 0.6 is 0 Å². The minimum atomic E-state index is -4.61. The number of carbonyl (C=O) groups is 2. The number of likely N-dealkylation sites (tertiary alicyclic amines) is 1. The van der Waals surface area contributed by atoms with Crippen LogP contribution in [-0.2, 0) is 17.4 Å². The first-order chi connectivity index (χ1) is 20.2. The standard InChI is InChI=1S/C29H39F3N8O3/c1-17(39-15-21-20(14-33)22(21)16-39)12-18-4-5-19(13-23(18)29(30,31)32)40-7-6-24(36-27(40)43)35-26(42)38-10-8-37(9-11-38)25(41)28(2,3)34/h4-7,13,17,20-22H,8-12,14-16,33-34H2,1-3H3,(H,35,36,42,43)/t17?,20-,21-,22+. The van der Waals surface area contributed by atoms with Gasteiger partial charge in [-0.2, -0.15) is 18.2 Å². The van der Waals surface area contributed by atoms with Crippen LogP contribution in [0.15, 0.2) is 35.3 Å². The van der Waals surface area contributed by atoms with Crippen LogP contribution in [-0.4, -0.2) is 93.6 Å². The van der Waals surface area contributed by atoms with Crippen molar-refractivity contribution in [2.75, 3.05) is 51.1 Å². The van der Waals surface area contributed by atoms with Crippen LogP contribution in [0, 0.1) is 17.8 Å². The third-order valence-electron chi connectivity index (χ3n) is 8.93. The Labute approximate surface area is 248 Å². The minimum Gasteiger partial charge on any atom is -0.338 e. The van der Waals surface area contributed by atoms with Crippen molar-refractivity contribution < 1.29 is 22.8 Å². The van der Waals surface area contributed by atoms with Crippen LogP contribution in [0.4, 0.5) is 23.8 Å². The number of aromatic nitrogens is 2. The van der Waals surface area contributed by atoms with Crippen LogP contribution in [0.3, 0.4) is 0 Å². The number of hydrogen-bond acceptors (Lipinski definition) is 7. The van der Waals surface area contributed by atoms with Gasteiger partial charge in [0.05, 0.1) is 16.8 Å². The van der Waals surface area contributed by atoms with Gasteiger partial charge in [-0.25, -0.2) is 9.59 Å². The molecule has 3 fully saturated rings. The minimum absolute atomic E-state index is 0.0240.